The number of fused-ring (bicyclic) bond motifs is 2. The van der Waals surface area contributed by atoms with Crippen molar-refractivity contribution in [3.63, 3.8) is 0 Å². The van der Waals surface area contributed by atoms with Gasteiger partial charge in [0.2, 0.25) is 0 Å². The van der Waals surface area contributed by atoms with Gasteiger partial charge >= 0.3 is 0 Å². The maximum absolute atomic E-state index is 12.9. The fraction of sp³-hybridized carbons (Fsp3) is 0.381. The normalized spacial score (nSPS) is 14.0. The van der Waals surface area contributed by atoms with Crippen LogP contribution in [0.2, 0.25) is 0 Å². The molecule has 3 aromatic rings. The van der Waals surface area contributed by atoms with Gasteiger partial charge in [-0.3, -0.25) is 9.78 Å². The minimum Gasteiger partial charge on any atom is -0.445 e. The third-order valence-electron chi connectivity index (χ3n) is 4.83. The molecule has 1 amide bonds. The quantitative estimate of drug-likeness (QED) is 0.714. The fourth-order valence-electron chi connectivity index (χ4n) is 3.32. The van der Waals surface area contributed by atoms with Crippen LogP contribution in [0.3, 0.4) is 0 Å². The van der Waals surface area contributed by atoms with Crippen LogP contribution in [0.1, 0.15) is 48.0 Å². The maximum Gasteiger partial charge on any atom is 0.255 e. The molecule has 5 nitrogen and oxygen atoms in total. The van der Waals surface area contributed by atoms with Crippen molar-refractivity contribution in [2.45, 2.75) is 39.7 Å². The number of benzene rings is 1. The van der Waals surface area contributed by atoms with Gasteiger partial charge in [0.05, 0.1) is 17.6 Å². The first-order valence-corrected chi connectivity index (χ1v) is 9.21. The van der Waals surface area contributed by atoms with Gasteiger partial charge in [-0.25, -0.2) is 4.98 Å². The van der Waals surface area contributed by atoms with E-state index in [1.54, 1.807) is 6.20 Å². The monoisotopic (exact) mass is 349 g/mol. The summed E-state index contributed by atoms with van der Waals surface area (Å²) in [5, 5.41) is 0.980. The molecular formula is C21H23N3O2. The number of nitrogens with zero attached hydrogens (tertiary/aromatic N) is 3. The zero-order valence-electron chi connectivity index (χ0n) is 15.2. The summed E-state index contributed by atoms with van der Waals surface area (Å²) in [6.07, 6.45) is 4.30. The molecular weight excluding hydrogens is 326 g/mol. The van der Waals surface area contributed by atoms with Gasteiger partial charge in [0.15, 0.2) is 5.89 Å². The minimum atomic E-state index is 0.000587. The Hall–Kier alpha value is -2.69. The Morgan fingerprint density at radius 3 is 3.00 bits per heavy atom. The molecule has 1 aliphatic rings. The first-order valence-electron chi connectivity index (χ1n) is 9.21. The third kappa shape index (κ3) is 3.34. The van der Waals surface area contributed by atoms with Gasteiger partial charge in [0.25, 0.3) is 5.91 Å². The Labute approximate surface area is 153 Å². The van der Waals surface area contributed by atoms with Gasteiger partial charge in [-0.1, -0.05) is 32.0 Å². The minimum absolute atomic E-state index is 0.000587. The van der Waals surface area contributed by atoms with Crippen LogP contribution in [0.15, 0.2) is 40.9 Å². The Bertz CT molecular complexity index is 945. The van der Waals surface area contributed by atoms with Crippen molar-refractivity contribution in [3.8, 4) is 0 Å². The number of para-hydroxylation sites is 1. The van der Waals surface area contributed by atoms with E-state index in [0.717, 1.165) is 47.5 Å². The second kappa shape index (κ2) is 6.90. The van der Waals surface area contributed by atoms with Crippen LogP contribution in [0.5, 0.6) is 0 Å². The average Bonchev–Trinajstić information content (AvgIpc) is 3.07. The Kier molecular flexibility index (Phi) is 4.45. The fourth-order valence-corrected chi connectivity index (χ4v) is 3.32. The maximum atomic E-state index is 12.9. The lowest BCUT2D eigenvalue weighted by molar-refractivity contribution is 0.0727. The lowest BCUT2D eigenvalue weighted by Gasteiger charge is -2.25. The number of carbonyl (C=O) groups excluding carboxylic acids is 1. The number of rotatable bonds is 4. The van der Waals surface area contributed by atoms with Crippen LogP contribution in [0.25, 0.3) is 10.9 Å². The van der Waals surface area contributed by atoms with Gasteiger partial charge < -0.3 is 9.32 Å². The van der Waals surface area contributed by atoms with Crippen molar-refractivity contribution in [2.75, 3.05) is 6.54 Å². The first kappa shape index (κ1) is 16.8. The molecule has 0 aliphatic carbocycles. The molecule has 1 aliphatic heterocycles. The second-order valence-electron chi connectivity index (χ2n) is 7.30. The van der Waals surface area contributed by atoms with Crippen LogP contribution in [0, 0.1) is 5.92 Å². The highest BCUT2D eigenvalue weighted by Crippen LogP contribution is 2.23. The summed E-state index contributed by atoms with van der Waals surface area (Å²) >= 11 is 0. The van der Waals surface area contributed by atoms with E-state index in [1.807, 2.05) is 35.2 Å². The SMILES string of the molecule is CC(C)CCc1nc2c(o1)CCN(C(=O)c1cnc3ccccc3c1)C2. The van der Waals surface area contributed by atoms with Crippen molar-refractivity contribution in [3.05, 3.63) is 59.4 Å². The molecule has 0 fully saturated rings. The highest BCUT2D eigenvalue weighted by Gasteiger charge is 2.26. The van der Waals surface area contributed by atoms with Crippen molar-refractivity contribution >= 4 is 16.8 Å². The van der Waals surface area contributed by atoms with Crippen molar-refractivity contribution in [2.24, 2.45) is 5.92 Å². The van der Waals surface area contributed by atoms with E-state index in [9.17, 15) is 4.79 Å². The van der Waals surface area contributed by atoms with Gasteiger partial charge in [-0.05, 0) is 24.5 Å². The summed E-state index contributed by atoms with van der Waals surface area (Å²) < 4.78 is 5.89. The van der Waals surface area contributed by atoms with E-state index in [4.69, 9.17) is 4.42 Å². The zero-order valence-corrected chi connectivity index (χ0v) is 15.2. The number of amides is 1. The Balaban J connectivity index is 1.51. The highest BCUT2D eigenvalue weighted by molar-refractivity contribution is 5.97. The molecule has 0 atom stereocenters. The van der Waals surface area contributed by atoms with E-state index in [0.29, 0.717) is 24.6 Å². The number of hydrogen-bond acceptors (Lipinski definition) is 4. The highest BCUT2D eigenvalue weighted by atomic mass is 16.4. The van der Waals surface area contributed by atoms with Gasteiger partial charge in [-0.15, -0.1) is 0 Å². The van der Waals surface area contributed by atoms with E-state index < -0.39 is 0 Å². The molecule has 0 radical (unpaired) electrons. The first-order chi connectivity index (χ1) is 12.6. The van der Waals surface area contributed by atoms with Gasteiger partial charge in [0.1, 0.15) is 11.5 Å². The molecule has 5 heteroatoms. The molecule has 3 heterocycles. The van der Waals surface area contributed by atoms with Gasteiger partial charge in [0, 0.05) is 31.0 Å². The Morgan fingerprint density at radius 2 is 2.15 bits per heavy atom. The standard InChI is InChI=1S/C21H23N3O2/c1-14(2)7-8-20-23-18-13-24(10-9-19(18)26-20)21(25)16-11-15-5-3-4-6-17(15)22-12-16/h3-6,11-12,14H,7-10,13H2,1-2H3. The number of aromatic nitrogens is 2. The average molecular weight is 349 g/mol. The summed E-state index contributed by atoms with van der Waals surface area (Å²) in [7, 11) is 0. The Morgan fingerprint density at radius 1 is 1.31 bits per heavy atom. The summed E-state index contributed by atoms with van der Waals surface area (Å²) in [4.78, 5) is 23.8. The second-order valence-corrected chi connectivity index (χ2v) is 7.30. The molecule has 134 valence electrons. The molecule has 4 rings (SSSR count). The van der Waals surface area contributed by atoms with Crippen LogP contribution >= 0.6 is 0 Å². The third-order valence-corrected chi connectivity index (χ3v) is 4.83. The van der Waals surface area contributed by atoms with Crippen LogP contribution < -0.4 is 0 Å². The van der Waals surface area contributed by atoms with Crippen LogP contribution in [-0.2, 0) is 19.4 Å². The number of carbonyl (C=O) groups is 1. The van der Waals surface area contributed by atoms with E-state index in [2.05, 4.69) is 23.8 Å². The van der Waals surface area contributed by atoms with Crippen LogP contribution in [0.4, 0.5) is 0 Å². The molecule has 0 saturated heterocycles. The molecule has 0 bridgehead atoms. The van der Waals surface area contributed by atoms with E-state index in [-0.39, 0.29) is 5.91 Å². The van der Waals surface area contributed by atoms with Crippen LogP contribution in [-0.4, -0.2) is 27.3 Å². The molecule has 0 N–H and O–H groups in total. The summed E-state index contributed by atoms with van der Waals surface area (Å²) in [5.74, 6) is 2.35. The topological polar surface area (TPSA) is 59.2 Å². The van der Waals surface area contributed by atoms with Crippen molar-refractivity contribution in [1.29, 1.82) is 0 Å². The predicted molar refractivity (Wildman–Crippen MR) is 99.8 cm³/mol. The molecule has 0 saturated carbocycles. The van der Waals surface area contributed by atoms with Gasteiger partial charge in [-0.2, -0.15) is 0 Å². The van der Waals surface area contributed by atoms with Crippen molar-refractivity contribution < 1.29 is 9.21 Å². The molecule has 26 heavy (non-hydrogen) atoms. The number of pyridine rings is 1. The number of oxazole rings is 1. The molecule has 2 aromatic heterocycles. The summed E-state index contributed by atoms with van der Waals surface area (Å²) in [6, 6.07) is 9.75. The number of aryl methyl sites for hydroxylation is 1. The summed E-state index contributed by atoms with van der Waals surface area (Å²) in [6.45, 7) is 5.55. The lowest BCUT2D eigenvalue weighted by Crippen LogP contribution is -2.35. The molecule has 1 aromatic carbocycles. The van der Waals surface area contributed by atoms with E-state index in [1.165, 1.54) is 0 Å². The number of hydrogen-bond donors (Lipinski definition) is 0. The van der Waals surface area contributed by atoms with Crippen molar-refractivity contribution in [1.82, 2.24) is 14.9 Å². The predicted octanol–water partition coefficient (Wildman–Crippen LogP) is 4.01. The molecule has 0 spiro atoms. The van der Waals surface area contributed by atoms with E-state index >= 15 is 0 Å². The summed E-state index contributed by atoms with van der Waals surface area (Å²) in [5.41, 5.74) is 2.42. The lowest BCUT2D eigenvalue weighted by atomic mass is 10.1. The molecule has 0 unspecified atom stereocenters. The zero-order chi connectivity index (χ0) is 18.1. The largest absolute Gasteiger partial charge is 0.445 e. The smallest absolute Gasteiger partial charge is 0.255 e.